The summed E-state index contributed by atoms with van der Waals surface area (Å²) in [6.45, 7) is 1.77. The number of imide groups is 1. The summed E-state index contributed by atoms with van der Waals surface area (Å²) in [4.78, 5) is 42.2. The molecule has 1 saturated heterocycles. The van der Waals surface area contributed by atoms with Crippen molar-refractivity contribution in [2.24, 2.45) is 0 Å². The van der Waals surface area contributed by atoms with Gasteiger partial charge >= 0.3 is 6.03 Å². The highest BCUT2D eigenvalue weighted by molar-refractivity contribution is 6.09. The van der Waals surface area contributed by atoms with Gasteiger partial charge in [0.2, 0.25) is 12.7 Å². The number of carbonyl (C=O) groups excluding carboxylic acids is 3. The molecule has 3 N–H and O–H groups in total. The highest BCUT2D eigenvalue weighted by Crippen LogP contribution is 2.37. The Morgan fingerprint density at radius 1 is 1.16 bits per heavy atom. The molecule has 1 aromatic heterocycles. The van der Waals surface area contributed by atoms with Gasteiger partial charge in [-0.25, -0.2) is 4.79 Å². The lowest BCUT2D eigenvalue weighted by Crippen LogP contribution is -2.43. The number of aromatic amines is 1. The Balaban J connectivity index is 1.22. The Labute approximate surface area is 183 Å². The van der Waals surface area contributed by atoms with Crippen molar-refractivity contribution in [3.63, 3.8) is 0 Å². The zero-order valence-corrected chi connectivity index (χ0v) is 17.4. The van der Waals surface area contributed by atoms with E-state index < -0.39 is 23.4 Å². The number of aromatic nitrogens is 1. The molecule has 0 bridgehead atoms. The topological polar surface area (TPSA) is 113 Å². The summed E-state index contributed by atoms with van der Waals surface area (Å²) < 4.78 is 10.7. The molecule has 1 atom stereocenters. The molecule has 2 aliphatic rings. The van der Waals surface area contributed by atoms with Crippen molar-refractivity contribution < 1.29 is 23.9 Å². The van der Waals surface area contributed by atoms with Crippen LogP contribution < -0.4 is 20.1 Å². The van der Waals surface area contributed by atoms with Crippen LogP contribution in [-0.2, 0) is 21.5 Å². The molecule has 9 heteroatoms. The zero-order chi connectivity index (χ0) is 22.3. The number of urea groups is 1. The summed E-state index contributed by atoms with van der Waals surface area (Å²) in [5.74, 6) is 0.205. The second kappa shape index (κ2) is 7.60. The summed E-state index contributed by atoms with van der Waals surface area (Å²) >= 11 is 0. The van der Waals surface area contributed by atoms with Gasteiger partial charge in [0, 0.05) is 23.6 Å². The molecular weight excluding hydrogens is 412 g/mol. The maximum absolute atomic E-state index is 13.1. The number of carbonyl (C=O) groups is 3. The van der Waals surface area contributed by atoms with Crippen LogP contribution in [0.1, 0.15) is 18.1 Å². The van der Waals surface area contributed by atoms with Gasteiger partial charge in [-0.1, -0.05) is 24.3 Å². The van der Waals surface area contributed by atoms with E-state index in [2.05, 4.69) is 15.6 Å². The lowest BCUT2D eigenvalue weighted by molar-refractivity contribution is -0.134. The molecule has 1 fully saturated rings. The Morgan fingerprint density at radius 2 is 1.97 bits per heavy atom. The fourth-order valence-corrected chi connectivity index (χ4v) is 4.12. The third kappa shape index (κ3) is 3.31. The average Bonchev–Trinajstić information content (AvgIpc) is 3.48. The van der Waals surface area contributed by atoms with Crippen LogP contribution in [0.4, 0.5) is 4.79 Å². The van der Waals surface area contributed by atoms with Gasteiger partial charge in [0.1, 0.15) is 12.1 Å². The van der Waals surface area contributed by atoms with E-state index >= 15 is 0 Å². The second-order valence-corrected chi connectivity index (χ2v) is 7.97. The zero-order valence-electron chi connectivity index (χ0n) is 17.4. The fraction of sp³-hybridized carbons (Fsp3) is 0.261. The monoisotopic (exact) mass is 434 g/mol. The van der Waals surface area contributed by atoms with Gasteiger partial charge in [0.25, 0.3) is 5.91 Å². The van der Waals surface area contributed by atoms with Crippen molar-refractivity contribution in [1.29, 1.82) is 0 Å². The van der Waals surface area contributed by atoms with Crippen molar-refractivity contribution in [1.82, 2.24) is 20.5 Å². The number of nitrogens with zero attached hydrogens (tertiary/aromatic N) is 1. The number of amides is 4. The standard InChI is InChI=1S/C23H22N4O5/c1-23(15-6-7-18-19(10-15)32-13-31-18)21(29)27(22(30)26-23)12-20(28)24-9-8-14-11-25-17-5-3-2-4-16(14)17/h2-7,10-11,25H,8-9,12-13H2,1H3,(H,24,28)(H,26,30)/t23-/m1/s1. The first kappa shape index (κ1) is 19.9. The molecule has 0 saturated carbocycles. The second-order valence-electron chi connectivity index (χ2n) is 7.97. The molecule has 9 nitrogen and oxygen atoms in total. The highest BCUT2D eigenvalue weighted by Gasteiger charge is 2.49. The van der Waals surface area contributed by atoms with Gasteiger partial charge in [-0.3, -0.25) is 14.5 Å². The Morgan fingerprint density at radius 3 is 2.84 bits per heavy atom. The number of fused-ring (bicyclic) bond motifs is 2. The van der Waals surface area contributed by atoms with Crippen LogP contribution >= 0.6 is 0 Å². The summed E-state index contributed by atoms with van der Waals surface area (Å²) in [6.07, 6.45) is 2.55. The average molecular weight is 434 g/mol. The van der Waals surface area contributed by atoms with Gasteiger partial charge in [0.05, 0.1) is 0 Å². The van der Waals surface area contributed by atoms with E-state index in [1.807, 2.05) is 30.5 Å². The van der Waals surface area contributed by atoms with E-state index in [-0.39, 0.29) is 13.3 Å². The van der Waals surface area contributed by atoms with Crippen LogP contribution in [-0.4, -0.2) is 47.6 Å². The van der Waals surface area contributed by atoms with E-state index in [0.717, 1.165) is 21.4 Å². The van der Waals surface area contributed by atoms with Crippen LogP contribution in [0.15, 0.2) is 48.7 Å². The van der Waals surface area contributed by atoms with Crippen LogP contribution in [0.2, 0.25) is 0 Å². The van der Waals surface area contributed by atoms with E-state index in [4.69, 9.17) is 9.47 Å². The number of H-pyrrole nitrogens is 1. The van der Waals surface area contributed by atoms with Crippen molar-refractivity contribution in [2.75, 3.05) is 19.9 Å². The molecule has 2 aliphatic heterocycles. The van der Waals surface area contributed by atoms with E-state index in [9.17, 15) is 14.4 Å². The van der Waals surface area contributed by atoms with Gasteiger partial charge in [-0.15, -0.1) is 0 Å². The molecule has 32 heavy (non-hydrogen) atoms. The summed E-state index contributed by atoms with van der Waals surface area (Å²) in [7, 11) is 0. The van der Waals surface area contributed by atoms with Crippen LogP contribution in [0.3, 0.4) is 0 Å². The first-order valence-corrected chi connectivity index (χ1v) is 10.3. The number of nitrogens with one attached hydrogen (secondary N) is 3. The Hall–Kier alpha value is -4.01. The fourth-order valence-electron chi connectivity index (χ4n) is 4.12. The lowest BCUT2D eigenvalue weighted by Gasteiger charge is -2.22. The summed E-state index contributed by atoms with van der Waals surface area (Å²) in [5, 5.41) is 6.60. The van der Waals surface area contributed by atoms with Gasteiger partial charge in [-0.2, -0.15) is 0 Å². The highest BCUT2D eigenvalue weighted by atomic mass is 16.7. The summed E-state index contributed by atoms with van der Waals surface area (Å²) in [5.41, 5.74) is 1.40. The maximum Gasteiger partial charge on any atom is 0.325 e. The third-order valence-corrected chi connectivity index (χ3v) is 5.92. The molecule has 0 spiro atoms. The minimum absolute atomic E-state index is 0.112. The maximum atomic E-state index is 13.1. The summed E-state index contributed by atoms with van der Waals surface area (Å²) in [6, 6.07) is 12.4. The van der Waals surface area contributed by atoms with Gasteiger partial charge in [0.15, 0.2) is 11.5 Å². The van der Waals surface area contributed by atoms with Crippen LogP contribution in [0.25, 0.3) is 10.9 Å². The molecule has 3 aromatic rings. The predicted octanol–water partition coefficient (Wildman–Crippen LogP) is 2.02. The number of ether oxygens (including phenoxy) is 2. The van der Waals surface area contributed by atoms with Crippen molar-refractivity contribution in [2.45, 2.75) is 18.9 Å². The lowest BCUT2D eigenvalue weighted by atomic mass is 9.91. The molecule has 164 valence electrons. The molecule has 0 aliphatic carbocycles. The first-order chi connectivity index (χ1) is 15.5. The van der Waals surface area contributed by atoms with E-state index in [1.54, 1.807) is 25.1 Å². The van der Waals surface area contributed by atoms with Gasteiger partial charge < -0.3 is 25.1 Å². The largest absolute Gasteiger partial charge is 0.454 e. The minimum Gasteiger partial charge on any atom is -0.454 e. The molecule has 4 amide bonds. The Bertz CT molecular complexity index is 1240. The normalized spacial score (nSPS) is 19.5. The molecule has 0 unspecified atom stereocenters. The first-order valence-electron chi connectivity index (χ1n) is 10.3. The van der Waals surface area contributed by atoms with E-state index in [1.165, 1.54) is 0 Å². The smallest absolute Gasteiger partial charge is 0.325 e. The number of hydrogen-bond acceptors (Lipinski definition) is 5. The minimum atomic E-state index is -1.29. The molecule has 0 radical (unpaired) electrons. The molecule has 5 rings (SSSR count). The number of para-hydroxylation sites is 1. The van der Waals surface area contributed by atoms with E-state index in [0.29, 0.717) is 30.0 Å². The van der Waals surface area contributed by atoms with Crippen molar-refractivity contribution in [3.8, 4) is 11.5 Å². The molecular formula is C23H22N4O5. The van der Waals surface area contributed by atoms with Crippen molar-refractivity contribution >= 4 is 28.7 Å². The van der Waals surface area contributed by atoms with Crippen molar-refractivity contribution in [3.05, 3.63) is 59.8 Å². The third-order valence-electron chi connectivity index (χ3n) is 5.92. The molecule has 3 heterocycles. The number of benzene rings is 2. The van der Waals surface area contributed by atoms with Crippen LogP contribution in [0, 0.1) is 0 Å². The predicted molar refractivity (Wildman–Crippen MR) is 115 cm³/mol. The van der Waals surface area contributed by atoms with Gasteiger partial charge in [-0.05, 0) is 42.7 Å². The Kier molecular flexibility index (Phi) is 4.73. The molecule has 2 aromatic carbocycles. The number of hydrogen-bond donors (Lipinski definition) is 3. The number of rotatable bonds is 6. The van der Waals surface area contributed by atoms with Crippen LogP contribution in [0.5, 0.6) is 11.5 Å². The quantitative estimate of drug-likeness (QED) is 0.514. The SMILES string of the molecule is C[C@]1(c2ccc3c(c2)OCO3)NC(=O)N(CC(=O)NCCc2c[nH]c3ccccc23)C1=O.